The third-order valence-corrected chi connectivity index (χ3v) is 3.63. The van der Waals surface area contributed by atoms with Gasteiger partial charge in [0.2, 0.25) is 17.6 Å². The van der Waals surface area contributed by atoms with Crippen molar-refractivity contribution in [1.82, 2.24) is 30.6 Å². The van der Waals surface area contributed by atoms with E-state index < -0.39 is 0 Å². The van der Waals surface area contributed by atoms with E-state index in [4.69, 9.17) is 4.52 Å². The van der Waals surface area contributed by atoms with Crippen molar-refractivity contribution in [1.29, 1.82) is 0 Å². The molecule has 0 radical (unpaired) electrons. The van der Waals surface area contributed by atoms with Crippen LogP contribution in [-0.2, 0) is 11.2 Å². The van der Waals surface area contributed by atoms with Gasteiger partial charge >= 0.3 is 0 Å². The van der Waals surface area contributed by atoms with Crippen molar-refractivity contribution < 1.29 is 9.32 Å². The second-order valence-electron chi connectivity index (χ2n) is 5.46. The van der Waals surface area contributed by atoms with Gasteiger partial charge in [-0.25, -0.2) is 4.98 Å². The van der Waals surface area contributed by atoms with E-state index in [1.54, 1.807) is 0 Å². The molecule has 0 aliphatic heterocycles. The number of nitrogens with zero attached hydrogens (tertiary/aromatic N) is 4. The molecule has 0 saturated heterocycles. The lowest BCUT2D eigenvalue weighted by Crippen LogP contribution is -2.27. The van der Waals surface area contributed by atoms with Gasteiger partial charge in [0.1, 0.15) is 6.33 Å². The first-order valence-corrected chi connectivity index (χ1v) is 7.72. The lowest BCUT2D eigenvalue weighted by Gasteiger charge is -2.12. The average molecular weight is 326 g/mol. The van der Waals surface area contributed by atoms with E-state index in [1.165, 1.54) is 11.9 Å². The van der Waals surface area contributed by atoms with Crippen molar-refractivity contribution in [3.63, 3.8) is 0 Å². The van der Waals surface area contributed by atoms with Crippen LogP contribution >= 0.6 is 0 Å². The fourth-order valence-corrected chi connectivity index (χ4v) is 2.24. The number of nitrogens with one attached hydrogen (secondary N) is 2. The first-order chi connectivity index (χ1) is 11.7. The third-order valence-electron chi connectivity index (χ3n) is 3.63. The number of amides is 1. The molecule has 2 heterocycles. The van der Waals surface area contributed by atoms with Crippen LogP contribution in [-0.4, -0.2) is 37.8 Å². The van der Waals surface area contributed by atoms with E-state index in [0.29, 0.717) is 36.9 Å². The van der Waals surface area contributed by atoms with Gasteiger partial charge in [0.25, 0.3) is 0 Å². The molecule has 8 heteroatoms. The number of aryl methyl sites for hydroxylation is 1. The number of H-pyrrole nitrogens is 1. The first-order valence-electron chi connectivity index (χ1n) is 7.72. The summed E-state index contributed by atoms with van der Waals surface area (Å²) in [6, 6.07) is 10.1. The molecule has 0 saturated carbocycles. The van der Waals surface area contributed by atoms with E-state index in [-0.39, 0.29) is 11.8 Å². The number of aromatic nitrogens is 5. The Balaban J connectivity index is 1.44. The molecule has 1 atom stereocenters. The van der Waals surface area contributed by atoms with Crippen molar-refractivity contribution in [2.45, 2.75) is 25.7 Å². The predicted octanol–water partition coefficient (Wildman–Crippen LogP) is 1.71. The Hall–Kier alpha value is -3.03. The zero-order chi connectivity index (χ0) is 16.8. The zero-order valence-corrected chi connectivity index (χ0v) is 13.3. The van der Waals surface area contributed by atoms with E-state index >= 15 is 0 Å². The summed E-state index contributed by atoms with van der Waals surface area (Å²) in [5.74, 6) is 1.38. The number of aromatic amines is 1. The summed E-state index contributed by atoms with van der Waals surface area (Å²) in [7, 11) is 0. The molecular formula is C16H18N6O2. The molecule has 0 aliphatic carbocycles. The number of hydrogen-bond donors (Lipinski definition) is 2. The zero-order valence-electron chi connectivity index (χ0n) is 13.3. The maximum atomic E-state index is 12.0. The van der Waals surface area contributed by atoms with Gasteiger partial charge in [0.05, 0.1) is 0 Å². The van der Waals surface area contributed by atoms with Crippen molar-refractivity contribution in [3.8, 4) is 11.6 Å². The van der Waals surface area contributed by atoms with Crippen LogP contribution in [0.2, 0.25) is 0 Å². The number of benzene rings is 1. The van der Waals surface area contributed by atoms with Crippen LogP contribution in [0.1, 0.15) is 30.7 Å². The minimum atomic E-state index is -0.0443. The highest BCUT2D eigenvalue weighted by Crippen LogP contribution is 2.13. The SMILES string of the molecule is C[C@@H](CNC(=O)CCc1nc(-c2ncn[nH]2)no1)c1ccccc1. The molecular weight excluding hydrogens is 308 g/mol. The van der Waals surface area contributed by atoms with Gasteiger partial charge < -0.3 is 9.84 Å². The summed E-state index contributed by atoms with van der Waals surface area (Å²) >= 11 is 0. The maximum Gasteiger partial charge on any atom is 0.239 e. The lowest BCUT2D eigenvalue weighted by molar-refractivity contribution is -0.121. The highest BCUT2D eigenvalue weighted by Gasteiger charge is 2.13. The standard InChI is InChI=1S/C16H18N6O2/c1-11(12-5-3-2-4-6-12)9-17-13(23)7-8-14-20-16(22-24-14)15-18-10-19-21-15/h2-6,10-11H,7-9H2,1H3,(H,17,23)(H,18,19,21)/t11-/m0/s1. The number of hydrogen-bond acceptors (Lipinski definition) is 6. The lowest BCUT2D eigenvalue weighted by atomic mass is 10.0. The van der Waals surface area contributed by atoms with E-state index in [2.05, 4.69) is 49.7 Å². The van der Waals surface area contributed by atoms with Crippen LogP contribution in [0.4, 0.5) is 0 Å². The predicted molar refractivity (Wildman–Crippen MR) is 85.9 cm³/mol. The smallest absolute Gasteiger partial charge is 0.239 e. The van der Waals surface area contributed by atoms with Gasteiger partial charge in [-0.15, -0.1) is 0 Å². The Morgan fingerprint density at radius 2 is 2.17 bits per heavy atom. The van der Waals surface area contributed by atoms with E-state index in [9.17, 15) is 4.79 Å². The van der Waals surface area contributed by atoms with Crippen molar-refractivity contribution >= 4 is 5.91 Å². The average Bonchev–Trinajstić information content (AvgIpc) is 3.29. The highest BCUT2D eigenvalue weighted by atomic mass is 16.5. The van der Waals surface area contributed by atoms with Gasteiger partial charge in [-0.3, -0.25) is 9.89 Å². The molecule has 0 unspecified atom stereocenters. The molecule has 3 rings (SSSR count). The molecule has 2 aromatic heterocycles. The molecule has 3 aromatic rings. The minimum Gasteiger partial charge on any atom is -0.355 e. The molecule has 0 bridgehead atoms. The molecule has 8 nitrogen and oxygen atoms in total. The first kappa shape index (κ1) is 15.9. The molecule has 0 aliphatic rings. The second kappa shape index (κ2) is 7.49. The van der Waals surface area contributed by atoms with E-state index in [0.717, 1.165) is 0 Å². The minimum absolute atomic E-state index is 0.0443. The maximum absolute atomic E-state index is 12.0. The van der Waals surface area contributed by atoms with Crippen LogP contribution in [0.5, 0.6) is 0 Å². The molecule has 1 amide bonds. The molecule has 24 heavy (non-hydrogen) atoms. The summed E-state index contributed by atoms with van der Waals surface area (Å²) in [4.78, 5) is 20.1. The molecule has 1 aromatic carbocycles. The topological polar surface area (TPSA) is 110 Å². The fraction of sp³-hybridized carbons (Fsp3) is 0.312. The van der Waals surface area contributed by atoms with Gasteiger partial charge in [-0.1, -0.05) is 42.4 Å². The number of carbonyl (C=O) groups is 1. The quantitative estimate of drug-likeness (QED) is 0.684. The highest BCUT2D eigenvalue weighted by molar-refractivity contribution is 5.76. The van der Waals surface area contributed by atoms with Crippen molar-refractivity contribution in [3.05, 3.63) is 48.1 Å². The second-order valence-corrected chi connectivity index (χ2v) is 5.46. The normalized spacial score (nSPS) is 12.0. The van der Waals surface area contributed by atoms with Gasteiger partial charge in [-0.05, 0) is 11.5 Å². The summed E-state index contributed by atoms with van der Waals surface area (Å²) < 4.78 is 5.10. The van der Waals surface area contributed by atoms with Gasteiger partial charge in [0.15, 0.2) is 5.82 Å². The van der Waals surface area contributed by atoms with Crippen LogP contribution in [0.25, 0.3) is 11.6 Å². The summed E-state index contributed by atoms with van der Waals surface area (Å²) in [5.41, 5.74) is 1.20. The van der Waals surface area contributed by atoms with Crippen molar-refractivity contribution in [2.75, 3.05) is 6.54 Å². The van der Waals surface area contributed by atoms with Gasteiger partial charge in [0, 0.05) is 19.4 Å². The molecule has 0 fully saturated rings. The number of rotatable bonds is 7. The third kappa shape index (κ3) is 4.03. The number of carbonyl (C=O) groups excluding carboxylic acids is 1. The fourth-order valence-electron chi connectivity index (χ4n) is 2.24. The summed E-state index contributed by atoms with van der Waals surface area (Å²) in [5, 5.41) is 13.1. The Morgan fingerprint density at radius 3 is 2.92 bits per heavy atom. The monoisotopic (exact) mass is 326 g/mol. The van der Waals surface area contributed by atoms with E-state index in [1.807, 2.05) is 18.2 Å². The molecule has 2 N–H and O–H groups in total. The van der Waals surface area contributed by atoms with Crippen LogP contribution in [0.3, 0.4) is 0 Å². The van der Waals surface area contributed by atoms with Crippen LogP contribution in [0, 0.1) is 0 Å². The summed E-state index contributed by atoms with van der Waals surface area (Å²) in [6.45, 7) is 2.67. The Bertz CT molecular complexity index is 769. The molecule has 0 spiro atoms. The summed E-state index contributed by atoms with van der Waals surface area (Å²) in [6.07, 6.45) is 2.04. The van der Waals surface area contributed by atoms with Gasteiger partial charge in [-0.2, -0.15) is 10.1 Å². The van der Waals surface area contributed by atoms with Crippen LogP contribution in [0.15, 0.2) is 41.2 Å². The van der Waals surface area contributed by atoms with Crippen molar-refractivity contribution in [2.24, 2.45) is 0 Å². The Kier molecular flexibility index (Phi) is 4.95. The van der Waals surface area contributed by atoms with Crippen LogP contribution < -0.4 is 5.32 Å². The Labute approximate surface area is 138 Å². The molecule has 124 valence electrons. The largest absolute Gasteiger partial charge is 0.355 e. The Morgan fingerprint density at radius 1 is 1.33 bits per heavy atom.